The maximum absolute atomic E-state index is 14.4. The van der Waals surface area contributed by atoms with Gasteiger partial charge in [0.25, 0.3) is 0 Å². The Kier molecular flexibility index (Phi) is 10.8. The second-order valence-electron chi connectivity index (χ2n) is 7.22. The first kappa shape index (κ1) is 33.2. The summed E-state index contributed by atoms with van der Waals surface area (Å²) in [6.07, 6.45) is -14.6. The fraction of sp³-hybridized carbons (Fsp3) is 1.00. The summed E-state index contributed by atoms with van der Waals surface area (Å²) >= 11 is 0. The molecule has 0 bridgehead atoms. The predicted molar refractivity (Wildman–Crippen MR) is 94.7 cm³/mol. The Morgan fingerprint density at radius 3 is 1.44 bits per heavy atom. The summed E-state index contributed by atoms with van der Waals surface area (Å²) in [6, 6.07) is -0.275. The van der Waals surface area contributed by atoms with Crippen LogP contribution in [0.2, 0.25) is 6.04 Å². The molecular formula is C17H25F13O3Si. The maximum atomic E-state index is 14.4. The van der Waals surface area contributed by atoms with Crippen LogP contribution in [0.1, 0.15) is 47.0 Å². The fourth-order valence-corrected chi connectivity index (χ4v) is 5.55. The Bertz CT molecular complexity index is 624. The van der Waals surface area contributed by atoms with Crippen molar-refractivity contribution in [1.82, 2.24) is 0 Å². The van der Waals surface area contributed by atoms with E-state index in [1.807, 2.05) is 0 Å². The van der Waals surface area contributed by atoms with E-state index in [-0.39, 0.29) is 32.6 Å². The zero-order chi connectivity index (χ0) is 27.4. The van der Waals surface area contributed by atoms with E-state index in [0.717, 1.165) is 0 Å². The van der Waals surface area contributed by atoms with Gasteiger partial charge in [-0.3, -0.25) is 0 Å². The highest BCUT2D eigenvalue weighted by atomic mass is 28.4. The highest BCUT2D eigenvalue weighted by molar-refractivity contribution is 6.60. The third kappa shape index (κ3) is 6.69. The third-order valence-electron chi connectivity index (χ3n) is 4.54. The van der Waals surface area contributed by atoms with Crippen LogP contribution in [0.3, 0.4) is 0 Å². The predicted octanol–water partition coefficient (Wildman–Crippen LogP) is 7.33. The van der Waals surface area contributed by atoms with Crippen molar-refractivity contribution in [2.75, 3.05) is 13.2 Å². The Balaban J connectivity index is 6.23. The first-order chi connectivity index (χ1) is 15.0. The molecule has 0 aliphatic rings. The van der Waals surface area contributed by atoms with Crippen molar-refractivity contribution in [3.8, 4) is 0 Å². The molecule has 0 aromatic rings. The quantitative estimate of drug-likeness (QED) is 0.157. The highest BCUT2D eigenvalue weighted by Gasteiger charge is 2.87. The van der Waals surface area contributed by atoms with Gasteiger partial charge in [-0.1, -0.05) is 13.3 Å². The minimum atomic E-state index is -7.50. The van der Waals surface area contributed by atoms with Gasteiger partial charge in [0.05, 0.1) is 0 Å². The second kappa shape index (κ2) is 11.1. The van der Waals surface area contributed by atoms with Crippen molar-refractivity contribution in [3.63, 3.8) is 0 Å². The summed E-state index contributed by atoms with van der Waals surface area (Å²) < 4.78 is 191. The molecule has 0 heterocycles. The van der Waals surface area contributed by atoms with Crippen LogP contribution in [0.4, 0.5) is 57.1 Å². The molecule has 0 spiro atoms. The first-order valence-electron chi connectivity index (χ1n) is 9.93. The average molecular weight is 552 g/mol. The van der Waals surface area contributed by atoms with Crippen LogP contribution in [0.15, 0.2) is 0 Å². The second-order valence-corrected chi connectivity index (χ2v) is 9.90. The van der Waals surface area contributed by atoms with Gasteiger partial charge in [-0.25, -0.2) is 0 Å². The largest absolute Gasteiger partial charge is 0.501 e. The van der Waals surface area contributed by atoms with Gasteiger partial charge in [0.2, 0.25) is 0 Å². The molecule has 206 valence electrons. The van der Waals surface area contributed by atoms with Gasteiger partial charge in [0, 0.05) is 32.1 Å². The molecule has 0 rings (SSSR count). The van der Waals surface area contributed by atoms with Crippen LogP contribution in [0.25, 0.3) is 0 Å². The van der Waals surface area contributed by atoms with Crippen LogP contribution in [0.5, 0.6) is 0 Å². The van der Waals surface area contributed by atoms with E-state index in [4.69, 9.17) is 13.3 Å². The molecule has 0 saturated carbocycles. The number of hydrogen-bond acceptors (Lipinski definition) is 3. The van der Waals surface area contributed by atoms with Crippen LogP contribution < -0.4 is 0 Å². The summed E-state index contributed by atoms with van der Waals surface area (Å²) in [7, 11) is -4.24. The minimum absolute atomic E-state index is 0.0966. The van der Waals surface area contributed by atoms with Crippen molar-refractivity contribution >= 4 is 8.80 Å². The average Bonchev–Trinajstić information content (AvgIpc) is 2.65. The third-order valence-corrected chi connectivity index (χ3v) is 7.82. The van der Waals surface area contributed by atoms with Gasteiger partial charge in [0.15, 0.2) is 0 Å². The van der Waals surface area contributed by atoms with Crippen molar-refractivity contribution in [1.29, 1.82) is 0 Å². The summed E-state index contributed by atoms with van der Waals surface area (Å²) in [4.78, 5) is 0. The minimum Gasteiger partial charge on any atom is -0.374 e. The molecule has 0 amide bonds. The lowest BCUT2D eigenvalue weighted by molar-refractivity contribution is -0.410. The maximum Gasteiger partial charge on any atom is 0.501 e. The number of alkyl halides is 13. The first-order valence-corrected chi connectivity index (χ1v) is 11.9. The van der Waals surface area contributed by atoms with E-state index in [1.165, 1.54) is 20.8 Å². The molecule has 34 heavy (non-hydrogen) atoms. The smallest absolute Gasteiger partial charge is 0.374 e. The van der Waals surface area contributed by atoms with E-state index in [9.17, 15) is 57.1 Å². The molecule has 0 saturated heterocycles. The molecule has 0 aliphatic heterocycles. The van der Waals surface area contributed by atoms with Gasteiger partial charge in [-0.2, -0.15) is 57.1 Å². The Hall–Kier alpha value is -0.813. The van der Waals surface area contributed by atoms with E-state index in [0.29, 0.717) is 0 Å². The Morgan fingerprint density at radius 1 is 0.647 bits per heavy atom. The molecule has 0 N–H and O–H groups in total. The summed E-state index contributed by atoms with van der Waals surface area (Å²) in [6.45, 7) is 3.70. The topological polar surface area (TPSA) is 27.7 Å². The number of rotatable bonds is 15. The standard InChI is InChI=1S/C17H25F13O3Si/c1-5-10-34(31-6-2,32-7-3)33-11(4)14(23,24)16(27,28)17(29,30)15(25,26)12(18,19)8-9-13(20,21)22/h11H,5-10H2,1-4H3. The summed E-state index contributed by atoms with van der Waals surface area (Å²) in [5, 5.41) is 0. The molecule has 1 unspecified atom stereocenters. The van der Waals surface area contributed by atoms with Crippen molar-refractivity contribution in [3.05, 3.63) is 0 Å². The summed E-state index contributed by atoms with van der Waals surface area (Å²) in [5.41, 5.74) is 0. The molecule has 0 aromatic carbocycles. The normalized spacial score (nSPS) is 16.1. The van der Waals surface area contributed by atoms with Crippen molar-refractivity contribution < 1.29 is 70.4 Å². The van der Waals surface area contributed by atoms with Gasteiger partial charge >= 0.3 is 44.6 Å². The lowest BCUT2D eigenvalue weighted by Crippen LogP contribution is -2.70. The number of hydrogen-bond donors (Lipinski definition) is 0. The Morgan fingerprint density at radius 2 is 1.09 bits per heavy atom. The highest BCUT2D eigenvalue weighted by Crippen LogP contribution is 2.59. The number of halogens is 13. The SMILES string of the molecule is CCC[Si](OCC)(OCC)OC(C)C(F)(F)C(F)(F)C(F)(F)C(F)(F)C(F)(F)CCC(F)(F)F. The van der Waals surface area contributed by atoms with Crippen molar-refractivity contribution in [2.45, 2.75) is 94.9 Å². The zero-order valence-electron chi connectivity index (χ0n) is 18.5. The fourth-order valence-electron chi connectivity index (χ4n) is 2.75. The molecule has 1 atom stereocenters. The zero-order valence-corrected chi connectivity index (χ0v) is 19.5. The van der Waals surface area contributed by atoms with Crippen LogP contribution in [0, 0.1) is 0 Å². The van der Waals surface area contributed by atoms with Gasteiger partial charge in [-0.15, -0.1) is 0 Å². The summed E-state index contributed by atoms with van der Waals surface area (Å²) in [5.74, 6) is -34.6. The molecule has 3 nitrogen and oxygen atoms in total. The van der Waals surface area contributed by atoms with Gasteiger partial charge < -0.3 is 13.3 Å². The van der Waals surface area contributed by atoms with E-state index >= 15 is 0 Å². The molecule has 0 radical (unpaired) electrons. The van der Waals surface area contributed by atoms with E-state index < -0.39 is 63.5 Å². The molecule has 0 aliphatic carbocycles. The monoisotopic (exact) mass is 552 g/mol. The van der Waals surface area contributed by atoms with Crippen molar-refractivity contribution in [2.24, 2.45) is 0 Å². The van der Waals surface area contributed by atoms with Gasteiger partial charge in [0.1, 0.15) is 6.10 Å². The van der Waals surface area contributed by atoms with Crippen LogP contribution in [-0.2, 0) is 13.3 Å². The molecular weight excluding hydrogens is 527 g/mol. The Labute approximate surface area is 188 Å². The van der Waals surface area contributed by atoms with Gasteiger partial charge in [-0.05, 0) is 20.8 Å². The van der Waals surface area contributed by atoms with E-state index in [2.05, 4.69) is 0 Å². The molecule has 17 heteroatoms. The lowest BCUT2D eigenvalue weighted by atomic mass is 9.90. The lowest BCUT2D eigenvalue weighted by Gasteiger charge is -2.42. The van der Waals surface area contributed by atoms with Crippen LogP contribution in [-0.4, -0.2) is 63.9 Å². The molecule has 0 aromatic heterocycles. The van der Waals surface area contributed by atoms with Crippen LogP contribution >= 0.6 is 0 Å². The molecule has 0 fully saturated rings. The van der Waals surface area contributed by atoms with E-state index in [1.54, 1.807) is 0 Å².